The average molecular weight is 291 g/mol. The van der Waals surface area contributed by atoms with Gasteiger partial charge >= 0.3 is 0 Å². The molecule has 20 heavy (non-hydrogen) atoms. The van der Waals surface area contributed by atoms with Crippen molar-refractivity contribution in [1.82, 2.24) is 0 Å². The Hall–Kier alpha value is -2.20. The van der Waals surface area contributed by atoms with Crippen LogP contribution in [0.15, 0.2) is 42.5 Å². The SMILES string of the molecule is COc1ccc(Cl)cc1CNc1cccc(C(N)=O)c1. The second kappa shape index (κ2) is 6.30. The molecule has 0 atom stereocenters. The number of rotatable bonds is 5. The van der Waals surface area contributed by atoms with E-state index in [1.165, 1.54) is 0 Å². The molecule has 0 saturated carbocycles. The minimum absolute atomic E-state index is 0.450. The van der Waals surface area contributed by atoms with Crippen molar-refractivity contribution in [3.8, 4) is 5.75 Å². The number of halogens is 1. The summed E-state index contributed by atoms with van der Waals surface area (Å²) in [5.74, 6) is 0.307. The Labute approximate surface area is 122 Å². The lowest BCUT2D eigenvalue weighted by Crippen LogP contribution is -2.11. The van der Waals surface area contributed by atoms with Crippen LogP contribution in [0.3, 0.4) is 0 Å². The van der Waals surface area contributed by atoms with Crippen LogP contribution in [0.4, 0.5) is 5.69 Å². The Morgan fingerprint density at radius 1 is 1.30 bits per heavy atom. The van der Waals surface area contributed by atoms with E-state index in [1.807, 2.05) is 18.2 Å². The first kappa shape index (κ1) is 14.2. The molecule has 0 heterocycles. The molecular formula is C15H15ClN2O2. The van der Waals surface area contributed by atoms with Gasteiger partial charge in [0.05, 0.1) is 7.11 Å². The lowest BCUT2D eigenvalue weighted by molar-refractivity contribution is 0.100. The third-order valence-electron chi connectivity index (χ3n) is 2.87. The maximum Gasteiger partial charge on any atom is 0.248 e. The van der Waals surface area contributed by atoms with Crippen LogP contribution in [0, 0.1) is 0 Å². The number of hydrogen-bond acceptors (Lipinski definition) is 3. The lowest BCUT2D eigenvalue weighted by atomic mass is 10.1. The molecule has 5 heteroatoms. The van der Waals surface area contributed by atoms with Gasteiger partial charge in [0.15, 0.2) is 0 Å². The first-order valence-corrected chi connectivity index (χ1v) is 6.44. The average Bonchev–Trinajstić information content (AvgIpc) is 2.45. The van der Waals surface area contributed by atoms with E-state index in [-0.39, 0.29) is 0 Å². The fourth-order valence-electron chi connectivity index (χ4n) is 1.87. The zero-order chi connectivity index (χ0) is 14.5. The van der Waals surface area contributed by atoms with Crippen LogP contribution in [-0.4, -0.2) is 13.0 Å². The Morgan fingerprint density at radius 3 is 2.80 bits per heavy atom. The number of amides is 1. The van der Waals surface area contributed by atoms with E-state index in [9.17, 15) is 4.79 Å². The normalized spacial score (nSPS) is 10.1. The zero-order valence-electron chi connectivity index (χ0n) is 11.0. The van der Waals surface area contributed by atoms with Gasteiger partial charge in [-0.05, 0) is 36.4 Å². The van der Waals surface area contributed by atoms with E-state index in [2.05, 4.69) is 5.32 Å². The molecule has 0 saturated heterocycles. The van der Waals surface area contributed by atoms with Gasteiger partial charge in [-0.2, -0.15) is 0 Å². The molecule has 4 nitrogen and oxygen atoms in total. The second-order valence-electron chi connectivity index (χ2n) is 4.25. The first-order valence-electron chi connectivity index (χ1n) is 6.06. The number of ether oxygens (including phenoxy) is 1. The van der Waals surface area contributed by atoms with Crippen LogP contribution in [0.2, 0.25) is 5.02 Å². The fraction of sp³-hybridized carbons (Fsp3) is 0.133. The van der Waals surface area contributed by atoms with Gasteiger partial charge in [-0.15, -0.1) is 0 Å². The highest BCUT2D eigenvalue weighted by Crippen LogP contribution is 2.23. The van der Waals surface area contributed by atoms with Gasteiger partial charge in [-0.3, -0.25) is 4.79 Å². The van der Waals surface area contributed by atoms with Crippen molar-refractivity contribution >= 4 is 23.2 Å². The summed E-state index contributed by atoms with van der Waals surface area (Å²) >= 11 is 5.98. The van der Waals surface area contributed by atoms with Gasteiger partial charge in [0, 0.05) is 28.4 Å². The van der Waals surface area contributed by atoms with Gasteiger partial charge in [0.2, 0.25) is 5.91 Å². The van der Waals surface area contributed by atoms with Crippen LogP contribution < -0.4 is 15.8 Å². The summed E-state index contributed by atoms with van der Waals surface area (Å²) in [6.07, 6.45) is 0. The van der Waals surface area contributed by atoms with Crippen molar-refractivity contribution in [2.24, 2.45) is 5.73 Å². The third-order valence-corrected chi connectivity index (χ3v) is 3.11. The molecule has 2 aromatic rings. The van der Waals surface area contributed by atoms with E-state index in [0.29, 0.717) is 17.1 Å². The summed E-state index contributed by atoms with van der Waals surface area (Å²) in [6.45, 7) is 0.534. The maximum absolute atomic E-state index is 11.1. The summed E-state index contributed by atoms with van der Waals surface area (Å²) in [5.41, 5.74) is 7.46. The molecule has 0 fully saturated rings. The van der Waals surface area contributed by atoms with Crippen molar-refractivity contribution in [2.75, 3.05) is 12.4 Å². The lowest BCUT2D eigenvalue weighted by Gasteiger charge is -2.11. The Bertz CT molecular complexity index is 629. The van der Waals surface area contributed by atoms with E-state index in [4.69, 9.17) is 22.1 Å². The number of benzene rings is 2. The number of hydrogen-bond donors (Lipinski definition) is 2. The molecule has 0 radical (unpaired) electrons. The second-order valence-corrected chi connectivity index (χ2v) is 4.69. The van der Waals surface area contributed by atoms with Crippen LogP contribution in [-0.2, 0) is 6.54 Å². The van der Waals surface area contributed by atoms with Crippen molar-refractivity contribution in [3.63, 3.8) is 0 Å². The number of nitrogens with one attached hydrogen (secondary N) is 1. The zero-order valence-corrected chi connectivity index (χ0v) is 11.8. The molecule has 0 spiro atoms. The predicted molar refractivity (Wildman–Crippen MR) is 80.3 cm³/mol. The van der Waals surface area contributed by atoms with Gasteiger partial charge in [-0.1, -0.05) is 17.7 Å². The number of nitrogens with two attached hydrogens (primary N) is 1. The molecule has 0 aliphatic rings. The molecule has 2 rings (SSSR count). The van der Waals surface area contributed by atoms with Crippen molar-refractivity contribution in [2.45, 2.75) is 6.54 Å². The van der Waals surface area contributed by atoms with E-state index >= 15 is 0 Å². The van der Waals surface area contributed by atoms with Gasteiger partial charge in [0.25, 0.3) is 0 Å². The number of carbonyl (C=O) groups is 1. The van der Waals surface area contributed by atoms with Crippen molar-refractivity contribution < 1.29 is 9.53 Å². The van der Waals surface area contributed by atoms with Gasteiger partial charge in [0.1, 0.15) is 5.75 Å². The molecule has 0 aliphatic heterocycles. The summed E-state index contributed by atoms with van der Waals surface area (Å²) < 4.78 is 5.28. The summed E-state index contributed by atoms with van der Waals surface area (Å²) in [7, 11) is 1.61. The molecule has 104 valence electrons. The van der Waals surface area contributed by atoms with E-state index in [1.54, 1.807) is 31.4 Å². The van der Waals surface area contributed by atoms with Crippen LogP contribution in [0.1, 0.15) is 15.9 Å². The Morgan fingerprint density at radius 2 is 2.10 bits per heavy atom. The topological polar surface area (TPSA) is 64.3 Å². The molecule has 0 aromatic heterocycles. The maximum atomic E-state index is 11.1. The fourth-order valence-corrected chi connectivity index (χ4v) is 2.06. The number of carbonyl (C=O) groups excluding carboxylic acids is 1. The van der Waals surface area contributed by atoms with Gasteiger partial charge in [-0.25, -0.2) is 0 Å². The van der Waals surface area contributed by atoms with Crippen molar-refractivity contribution in [3.05, 3.63) is 58.6 Å². The highest BCUT2D eigenvalue weighted by atomic mass is 35.5. The largest absolute Gasteiger partial charge is 0.496 e. The van der Waals surface area contributed by atoms with E-state index in [0.717, 1.165) is 17.0 Å². The molecule has 0 unspecified atom stereocenters. The molecular weight excluding hydrogens is 276 g/mol. The first-order chi connectivity index (χ1) is 9.60. The van der Waals surface area contributed by atoms with Crippen LogP contribution >= 0.6 is 11.6 Å². The van der Waals surface area contributed by atoms with Crippen LogP contribution in [0.5, 0.6) is 5.75 Å². The quantitative estimate of drug-likeness (QED) is 0.889. The summed E-state index contributed by atoms with van der Waals surface area (Å²) in [5, 5.41) is 3.86. The third kappa shape index (κ3) is 3.42. The van der Waals surface area contributed by atoms with Crippen molar-refractivity contribution in [1.29, 1.82) is 0 Å². The van der Waals surface area contributed by atoms with E-state index < -0.39 is 5.91 Å². The molecule has 3 N–H and O–H groups in total. The number of primary amides is 1. The number of methoxy groups -OCH3 is 1. The Balaban J connectivity index is 2.14. The smallest absolute Gasteiger partial charge is 0.248 e. The summed E-state index contributed by atoms with van der Waals surface area (Å²) in [6, 6.07) is 12.5. The summed E-state index contributed by atoms with van der Waals surface area (Å²) in [4.78, 5) is 11.1. The predicted octanol–water partition coefficient (Wildman–Crippen LogP) is 3.06. The highest BCUT2D eigenvalue weighted by molar-refractivity contribution is 6.30. The molecule has 2 aromatic carbocycles. The minimum atomic E-state index is -0.450. The number of anilines is 1. The molecule has 0 aliphatic carbocycles. The Kier molecular flexibility index (Phi) is 4.48. The highest BCUT2D eigenvalue weighted by Gasteiger charge is 2.05. The minimum Gasteiger partial charge on any atom is -0.496 e. The standard InChI is InChI=1S/C15H15ClN2O2/c1-20-14-6-5-12(16)7-11(14)9-18-13-4-2-3-10(8-13)15(17)19/h2-8,18H,9H2,1H3,(H2,17,19). The monoisotopic (exact) mass is 290 g/mol. The van der Waals surface area contributed by atoms with Crippen LogP contribution in [0.25, 0.3) is 0 Å². The molecule has 1 amide bonds. The molecule has 0 bridgehead atoms. The van der Waals surface area contributed by atoms with Gasteiger partial charge < -0.3 is 15.8 Å².